The van der Waals surface area contributed by atoms with Gasteiger partial charge in [-0.2, -0.15) is 0 Å². The van der Waals surface area contributed by atoms with Crippen molar-refractivity contribution in [2.45, 2.75) is 18.6 Å². The number of anilines is 1. The molecule has 0 spiro atoms. The number of amides is 1. The summed E-state index contributed by atoms with van der Waals surface area (Å²) in [6.07, 6.45) is 0. The van der Waals surface area contributed by atoms with E-state index in [1.165, 1.54) is 11.8 Å². The van der Waals surface area contributed by atoms with E-state index in [0.717, 1.165) is 17.1 Å². The Labute approximate surface area is 128 Å². The number of benzene rings is 1. The second kappa shape index (κ2) is 7.12. The van der Waals surface area contributed by atoms with Crippen molar-refractivity contribution in [1.29, 1.82) is 0 Å². The number of hydrogen-bond acceptors (Lipinski definition) is 5. The van der Waals surface area contributed by atoms with Crippen LogP contribution in [-0.2, 0) is 11.3 Å². The van der Waals surface area contributed by atoms with Crippen LogP contribution in [0.15, 0.2) is 29.4 Å². The maximum Gasteiger partial charge on any atom is 0.230 e. The first kappa shape index (κ1) is 15.4. The van der Waals surface area contributed by atoms with E-state index in [1.54, 1.807) is 0 Å². The summed E-state index contributed by atoms with van der Waals surface area (Å²) in [6, 6.07) is 8.10. The van der Waals surface area contributed by atoms with E-state index in [9.17, 15) is 4.79 Å². The van der Waals surface area contributed by atoms with Gasteiger partial charge in [0.1, 0.15) is 5.82 Å². The minimum Gasteiger partial charge on any atom is -0.378 e. The molecule has 0 saturated heterocycles. The molecule has 0 aliphatic carbocycles. The molecule has 0 saturated carbocycles. The number of rotatable bonds is 6. The zero-order chi connectivity index (χ0) is 15.2. The SMILES string of the molecule is Cc1nc(SCC(=O)NCc2ccc(N(C)C)cc2)n[nH]1. The van der Waals surface area contributed by atoms with Crippen molar-refractivity contribution in [3.8, 4) is 0 Å². The summed E-state index contributed by atoms with van der Waals surface area (Å²) >= 11 is 1.32. The summed E-state index contributed by atoms with van der Waals surface area (Å²) < 4.78 is 0. The molecule has 0 atom stereocenters. The summed E-state index contributed by atoms with van der Waals surface area (Å²) in [5.74, 6) is 1.03. The third-order valence-corrected chi connectivity index (χ3v) is 3.70. The molecule has 6 nitrogen and oxygen atoms in total. The Kier molecular flexibility index (Phi) is 5.21. The molecule has 21 heavy (non-hydrogen) atoms. The number of nitrogens with one attached hydrogen (secondary N) is 2. The van der Waals surface area contributed by atoms with Gasteiger partial charge in [-0.1, -0.05) is 23.9 Å². The lowest BCUT2D eigenvalue weighted by atomic mass is 10.2. The van der Waals surface area contributed by atoms with Crippen LogP contribution in [-0.4, -0.2) is 40.9 Å². The molecular formula is C14H19N5OS. The first-order valence-electron chi connectivity index (χ1n) is 6.59. The Morgan fingerprint density at radius 1 is 1.33 bits per heavy atom. The van der Waals surface area contributed by atoms with Crippen molar-refractivity contribution in [2.75, 3.05) is 24.7 Å². The molecular weight excluding hydrogens is 286 g/mol. The number of hydrogen-bond donors (Lipinski definition) is 2. The Morgan fingerprint density at radius 3 is 2.62 bits per heavy atom. The molecule has 1 amide bonds. The molecule has 1 heterocycles. The van der Waals surface area contributed by atoms with E-state index in [1.807, 2.05) is 50.2 Å². The van der Waals surface area contributed by atoms with Crippen molar-refractivity contribution in [3.05, 3.63) is 35.7 Å². The van der Waals surface area contributed by atoms with Crippen molar-refractivity contribution in [2.24, 2.45) is 0 Å². The zero-order valence-corrected chi connectivity index (χ0v) is 13.2. The molecule has 2 rings (SSSR count). The van der Waals surface area contributed by atoms with E-state index < -0.39 is 0 Å². The van der Waals surface area contributed by atoms with Crippen LogP contribution in [0.3, 0.4) is 0 Å². The predicted octanol–water partition coefficient (Wildman–Crippen LogP) is 1.59. The molecule has 0 fully saturated rings. The maximum absolute atomic E-state index is 11.8. The summed E-state index contributed by atoms with van der Waals surface area (Å²) in [5.41, 5.74) is 2.22. The number of nitrogens with zero attached hydrogens (tertiary/aromatic N) is 3. The Hall–Kier alpha value is -2.02. The lowest BCUT2D eigenvalue weighted by Gasteiger charge is -2.12. The number of H-pyrrole nitrogens is 1. The van der Waals surface area contributed by atoms with Crippen molar-refractivity contribution >= 4 is 23.4 Å². The molecule has 1 aromatic heterocycles. The first-order valence-corrected chi connectivity index (χ1v) is 7.58. The summed E-state index contributed by atoms with van der Waals surface area (Å²) in [4.78, 5) is 17.9. The monoisotopic (exact) mass is 305 g/mol. The van der Waals surface area contributed by atoms with E-state index in [-0.39, 0.29) is 5.91 Å². The molecule has 0 unspecified atom stereocenters. The third kappa shape index (κ3) is 4.78. The molecule has 1 aromatic carbocycles. The van der Waals surface area contributed by atoms with Gasteiger partial charge in [0.2, 0.25) is 11.1 Å². The number of aromatic amines is 1. The number of carbonyl (C=O) groups is 1. The van der Waals surface area contributed by atoms with Crippen LogP contribution in [0.1, 0.15) is 11.4 Å². The van der Waals surface area contributed by atoms with Gasteiger partial charge in [-0.25, -0.2) is 4.98 Å². The molecule has 2 N–H and O–H groups in total. The highest BCUT2D eigenvalue weighted by atomic mass is 32.2. The average Bonchev–Trinajstić information content (AvgIpc) is 2.89. The predicted molar refractivity (Wildman–Crippen MR) is 84.5 cm³/mol. The average molecular weight is 305 g/mol. The second-order valence-corrected chi connectivity index (χ2v) is 5.77. The number of thioether (sulfide) groups is 1. The quantitative estimate of drug-likeness (QED) is 0.793. The molecule has 7 heteroatoms. The van der Waals surface area contributed by atoms with Gasteiger partial charge in [0, 0.05) is 26.3 Å². The highest BCUT2D eigenvalue weighted by Gasteiger charge is 2.06. The van der Waals surface area contributed by atoms with Crippen molar-refractivity contribution in [3.63, 3.8) is 0 Å². The van der Waals surface area contributed by atoms with Crippen LogP contribution in [0, 0.1) is 6.92 Å². The van der Waals surface area contributed by atoms with Crippen LogP contribution < -0.4 is 10.2 Å². The fourth-order valence-corrected chi connectivity index (χ4v) is 2.35. The van der Waals surface area contributed by atoms with Gasteiger partial charge >= 0.3 is 0 Å². The zero-order valence-electron chi connectivity index (χ0n) is 12.4. The minimum absolute atomic E-state index is 0.0286. The van der Waals surface area contributed by atoms with Gasteiger partial charge in [-0.15, -0.1) is 5.10 Å². The molecule has 0 bridgehead atoms. The fraction of sp³-hybridized carbons (Fsp3) is 0.357. The van der Waals surface area contributed by atoms with Gasteiger partial charge < -0.3 is 10.2 Å². The Balaban J connectivity index is 1.75. The lowest BCUT2D eigenvalue weighted by Crippen LogP contribution is -2.24. The lowest BCUT2D eigenvalue weighted by molar-refractivity contribution is -0.118. The van der Waals surface area contributed by atoms with Crippen LogP contribution in [0.2, 0.25) is 0 Å². The van der Waals surface area contributed by atoms with Crippen LogP contribution >= 0.6 is 11.8 Å². The van der Waals surface area contributed by atoms with Crippen LogP contribution in [0.5, 0.6) is 0 Å². The van der Waals surface area contributed by atoms with Gasteiger partial charge in [-0.3, -0.25) is 9.89 Å². The Bertz CT molecular complexity index is 594. The van der Waals surface area contributed by atoms with Crippen LogP contribution in [0.25, 0.3) is 0 Å². The van der Waals surface area contributed by atoms with Gasteiger partial charge in [-0.05, 0) is 24.6 Å². The molecule has 112 valence electrons. The summed E-state index contributed by atoms with van der Waals surface area (Å²) in [7, 11) is 4.00. The summed E-state index contributed by atoms with van der Waals surface area (Å²) in [5, 5.41) is 10.2. The first-order chi connectivity index (χ1) is 10.0. The van der Waals surface area contributed by atoms with E-state index >= 15 is 0 Å². The number of aromatic nitrogens is 3. The van der Waals surface area contributed by atoms with Crippen molar-refractivity contribution < 1.29 is 4.79 Å². The highest BCUT2D eigenvalue weighted by molar-refractivity contribution is 7.99. The van der Waals surface area contributed by atoms with E-state index in [0.29, 0.717) is 17.5 Å². The number of aryl methyl sites for hydroxylation is 1. The standard InChI is InChI=1S/C14H19N5OS/c1-10-16-14(18-17-10)21-9-13(20)15-8-11-4-6-12(7-5-11)19(2)3/h4-7H,8-9H2,1-3H3,(H,15,20)(H,16,17,18). The van der Waals surface area contributed by atoms with Gasteiger partial charge in [0.15, 0.2) is 0 Å². The van der Waals surface area contributed by atoms with Gasteiger partial charge in [0.05, 0.1) is 5.75 Å². The maximum atomic E-state index is 11.8. The summed E-state index contributed by atoms with van der Waals surface area (Å²) in [6.45, 7) is 2.36. The smallest absolute Gasteiger partial charge is 0.230 e. The Morgan fingerprint density at radius 2 is 2.05 bits per heavy atom. The fourth-order valence-electron chi connectivity index (χ4n) is 1.68. The molecule has 2 aromatic rings. The largest absolute Gasteiger partial charge is 0.378 e. The minimum atomic E-state index is -0.0286. The van der Waals surface area contributed by atoms with E-state index in [2.05, 4.69) is 20.5 Å². The normalized spacial score (nSPS) is 10.4. The van der Waals surface area contributed by atoms with E-state index in [4.69, 9.17) is 0 Å². The van der Waals surface area contributed by atoms with Gasteiger partial charge in [0.25, 0.3) is 0 Å². The topological polar surface area (TPSA) is 73.9 Å². The molecule has 0 aliphatic heterocycles. The molecule has 0 radical (unpaired) electrons. The third-order valence-electron chi connectivity index (χ3n) is 2.85. The second-order valence-electron chi connectivity index (χ2n) is 4.83. The molecule has 0 aliphatic rings. The van der Waals surface area contributed by atoms with Crippen LogP contribution in [0.4, 0.5) is 5.69 Å². The van der Waals surface area contributed by atoms with Crippen molar-refractivity contribution in [1.82, 2.24) is 20.5 Å². The highest BCUT2D eigenvalue weighted by Crippen LogP contribution is 2.13. The number of carbonyl (C=O) groups excluding carboxylic acids is 1.